The maximum absolute atomic E-state index is 13.5. The van der Waals surface area contributed by atoms with E-state index in [2.05, 4.69) is 54.9 Å². The molecule has 5 rings (SSSR count). The van der Waals surface area contributed by atoms with Crippen LogP contribution in [0.3, 0.4) is 0 Å². The van der Waals surface area contributed by atoms with E-state index in [-0.39, 0.29) is 28.9 Å². The topological polar surface area (TPSA) is 49.2 Å². The number of carbonyl (C=O) groups is 1. The number of halogens is 1. The van der Waals surface area contributed by atoms with Crippen molar-refractivity contribution in [2.24, 2.45) is 10.8 Å². The Morgan fingerprint density at radius 2 is 1.79 bits per heavy atom. The molecule has 1 aliphatic carbocycles. The van der Waals surface area contributed by atoms with Gasteiger partial charge in [-0.3, -0.25) is 4.79 Å². The lowest BCUT2D eigenvalue weighted by Gasteiger charge is -2.65. The first-order valence-electron chi connectivity index (χ1n) is 11.9. The molecule has 3 aliphatic rings. The van der Waals surface area contributed by atoms with Crippen LogP contribution in [0.2, 0.25) is 5.02 Å². The van der Waals surface area contributed by atoms with Crippen molar-refractivity contribution in [1.82, 2.24) is 10.2 Å². The Bertz CT molecular complexity index is 1160. The summed E-state index contributed by atoms with van der Waals surface area (Å²) >= 11 is 6.23. The number of ether oxygens (including phenoxy) is 1. The third-order valence-electron chi connectivity index (χ3n) is 7.77. The third kappa shape index (κ3) is 3.54. The zero-order chi connectivity index (χ0) is 24.3. The van der Waals surface area contributed by atoms with E-state index in [0.29, 0.717) is 23.0 Å². The summed E-state index contributed by atoms with van der Waals surface area (Å²) in [6.45, 7) is 20.5. The second-order valence-electron chi connectivity index (χ2n) is 10.8. The Morgan fingerprint density at radius 1 is 1.09 bits per heavy atom. The Morgan fingerprint density at radius 3 is 2.44 bits per heavy atom. The summed E-state index contributed by atoms with van der Waals surface area (Å²) in [5, 5.41) is 3.79. The minimum Gasteiger partial charge on any atom is -0.489 e. The summed E-state index contributed by atoms with van der Waals surface area (Å²) in [6.07, 6.45) is -0.104. The van der Waals surface area contributed by atoms with Crippen molar-refractivity contribution >= 4 is 28.9 Å². The number of rotatable bonds is 4. The number of anilines is 1. The Hall–Kier alpha value is -2.75. The Balaban J connectivity index is 1.36. The highest BCUT2D eigenvalue weighted by Gasteiger charge is 2.66. The van der Waals surface area contributed by atoms with Gasteiger partial charge in [0.2, 0.25) is 5.69 Å². The normalized spacial score (nSPS) is 24.9. The monoisotopic (exact) mass is 478 g/mol. The van der Waals surface area contributed by atoms with E-state index < -0.39 is 0 Å². The average Bonchev–Trinajstić information content (AvgIpc) is 3.12. The van der Waals surface area contributed by atoms with Crippen LogP contribution in [0.25, 0.3) is 4.85 Å². The molecule has 1 saturated heterocycles. The average molecular weight is 479 g/mol. The quantitative estimate of drug-likeness (QED) is 0.618. The van der Waals surface area contributed by atoms with Crippen LogP contribution < -0.4 is 15.0 Å². The van der Waals surface area contributed by atoms with Gasteiger partial charge in [-0.05, 0) is 35.9 Å². The van der Waals surface area contributed by atoms with Gasteiger partial charge in [0.1, 0.15) is 11.9 Å². The van der Waals surface area contributed by atoms with Gasteiger partial charge in [0.25, 0.3) is 5.91 Å². The van der Waals surface area contributed by atoms with E-state index in [1.54, 1.807) is 18.2 Å². The number of benzene rings is 2. The van der Waals surface area contributed by atoms with Crippen molar-refractivity contribution in [3.8, 4) is 5.75 Å². The van der Waals surface area contributed by atoms with Crippen LogP contribution in [0.4, 0.5) is 11.4 Å². The third-order valence-corrected chi connectivity index (χ3v) is 8.07. The smallest absolute Gasteiger partial charge is 0.254 e. The molecule has 7 heteroatoms. The molecular weight excluding hydrogens is 448 g/mol. The molecule has 2 aromatic carbocycles. The minimum absolute atomic E-state index is 0.0329. The summed E-state index contributed by atoms with van der Waals surface area (Å²) in [5.41, 5.74) is 3.03. The van der Waals surface area contributed by atoms with Gasteiger partial charge in [-0.15, -0.1) is 0 Å². The summed E-state index contributed by atoms with van der Waals surface area (Å²) in [7, 11) is 0. The summed E-state index contributed by atoms with van der Waals surface area (Å²) in [5.74, 6) is 0.759. The predicted octanol–water partition coefficient (Wildman–Crippen LogP) is 5.14. The second kappa shape index (κ2) is 8.18. The molecule has 1 amide bonds. The van der Waals surface area contributed by atoms with Gasteiger partial charge >= 0.3 is 0 Å². The Kier molecular flexibility index (Phi) is 5.54. The van der Waals surface area contributed by atoms with Crippen molar-refractivity contribution < 1.29 is 9.53 Å². The van der Waals surface area contributed by atoms with Gasteiger partial charge in [-0.1, -0.05) is 45.4 Å². The Labute approximate surface area is 206 Å². The van der Waals surface area contributed by atoms with Crippen LogP contribution in [0.1, 0.15) is 43.6 Å². The lowest BCUT2D eigenvalue weighted by molar-refractivity contribution is -0.199. The molecule has 0 radical (unpaired) electrons. The zero-order valence-corrected chi connectivity index (χ0v) is 20.9. The number of piperazine rings is 1. The predicted molar refractivity (Wildman–Crippen MR) is 135 cm³/mol. The van der Waals surface area contributed by atoms with Crippen LogP contribution in [0.5, 0.6) is 5.75 Å². The number of nitrogens with one attached hydrogen (secondary N) is 1. The highest BCUT2D eigenvalue weighted by molar-refractivity contribution is 6.33. The molecular formula is C27H31ClN4O2. The molecule has 2 fully saturated rings. The van der Waals surface area contributed by atoms with Gasteiger partial charge in [0.05, 0.1) is 11.6 Å². The lowest BCUT2D eigenvalue weighted by atomic mass is 9.49. The van der Waals surface area contributed by atoms with Gasteiger partial charge in [-0.2, -0.15) is 0 Å². The van der Waals surface area contributed by atoms with Crippen molar-refractivity contribution in [3.63, 3.8) is 0 Å². The first-order chi connectivity index (χ1) is 16.1. The van der Waals surface area contributed by atoms with E-state index in [1.807, 2.05) is 11.0 Å². The number of amides is 1. The number of fused-ring (bicyclic) bond motifs is 1. The molecule has 1 saturated carbocycles. The van der Waals surface area contributed by atoms with E-state index >= 15 is 0 Å². The molecule has 0 unspecified atom stereocenters. The molecule has 1 N–H and O–H groups in total. The summed E-state index contributed by atoms with van der Waals surface area (Å²) in [6, 6.07) is 11.5. The van der Waals surface area contributed by atoms with Gasteiger partial charge in [0.15, 0.2) is 0 Å². The van der Waals surface area contributed by atoms with Crippen LogP contribution in [0, 0.1) is 17.4 Å². The number of hydrogen-bond acceptors (Lipinski definition) is 4. The molecule has 0 aromatic heterocycles. The van der Waals surface area contributed by atoms with Crippen molar-refractivity contribution in [3.05, 3.63) is 64.0 Å². The maximum Gasteiger partial charge on any atom is 0.254 e. The zero-order valence-electron chi connectivity index (χ0n) is 20.2. The molecule has 0 bridgehead atoms. The summed E-state index contributed by atoms with van der Waals surface area (Å²) in [4.78, 5) is 21.3. The first-order valence-corrected chi connectivity index (χ1v) is 12.3. The van der Waals surface area contributed by atoms with E-state index in [1.165, 1.54) is 5.69 Å². The number of carbonyl (C=O) groups excluding carboxylic acids is 1. The second-order valence-corrected chi connectivity index (χ2v) is 11.2. The number of nitrogens with zero attached hydrogens (tertiary/aromatic N) is 3. The molecule has 34 heavy (non-hydrogen) atoms. The maximum atomic E-state index is 13.5. The van der Waals surface area contributed by atoms with Gasteiger partial charge in [0, 0.05) is 60.8 Å². The van der Waals surface area contributed by atoms with Gasteiger partial charge < -0.3 is 19.9 Å². The molecule has 0 atom stereocenters. The molecule has 178 valence electrons. The summed E-state index contributed by atoms with van der Waals surface area (Å²) < 4.78 is 6.42. The first kappa shape index (κ1) is 23.0. The lowest BCUT2D eigenvalue weighted by Crippen LogP contribution is -2.74. The highest BCUT2D eigenvalue weighted by atomic mass is 35.5. The molecule has 2 heterocycles. The number of hydrogen-bond donors (Lipinski definition) is 1. The molecule has 2 aromatic rings. The minimum atomic E-state index is -0.256. The van der Waals surface area contributed by atoms with E-state index in [9.17, 15) is 4.79 Å². The fourth-order valence-corrected chi connectivity index (χ4v) is 6.87. The standard InChI is InChI=1S/C27H31ClN4O2/c1-26(2)24(27(3,4)25(26)34-19-7-9-22(29-5)21(28)15-19)32-16-17-14-18(6-8-20(17)23(32)33)31-12-10-30-11-13-31/h6-9,14-15,24-25,30H,10-13,16H2,1-4H3. The fraction of sp³-hybridized carbons (Fsp3) is 0.481. The molecule has 6 nitrogen and oxygen atoms in total. The van der Waals surface area contributed by atoms with Gasteiger partial charge in [-0.25, -0.2) is 4.85 Å². The van der Waals surface area contributed by atoms with Crippen molar-refractivity contribution in [2.75, 3.05) is 31.1 Å². The molecule has 0 spiro atoms. The SMILES string of the molecule is [C-]#[N+]c1ccc(OC2C(C)(C)C(N3Cc4cc(N5CCNCC5)ccc4C3=O)C2(C)C)cc1Cl. The van der Waals surface area contributed by atoms with Crippen LogP contribution in [-0.2, 0) is 6.54 Å². The fourth-order valence-electron chi connectivity index (χ4n) is 6.66. The van der Waals surface area contributed by atoms with Crippen molar-refractivity contribution in [1.29, 1.82) is 0 Å². The molecule has 2 aliphatic heterocycles. The van der Waals surface area contributed by atoms with Crippen LogP contribution in [0.15, 0.2) is 36.4 Å². The van der Waals surface area contributed by atoms with Crippen LogP contribution >= 0.6 is 11.6 Å². The van der Waals surface area contributed by atoms with E-state index in [4.69, 9.17) is 22.9 Å². The van der Waals surface area contributed by atoms with Crippen molar-refractivity contribution in [2.45, 2.75) is 46.4 Å². The largest absolute Gasteiger partial charge is 0.489 e. The van der Waals surface area contributed by atoms with Crippen LogP contribution in [-0.4, -0.2) is 49.1 Å². The highest BCUT2D eigenvalue weighted by Crippen LogP contribution is 2.59. The van der Waals surface area contributed by atoms with E-state index in [0.717, 1.165) is 37.3 Å².